The summed E-state index contributed by atoms with van der Waals surface area (Å²) in [5, 5.41) is 11.3. The minimum absolute atomic E-state index is 0.0641. The number of pyridine rings is 1. The Morgan fingerprint density at radius 3 is 2.89 bits per heavy atom. The van der Waals surface area contributed by atoms with Crippen LogP contribution in [-0.2, 0) is 4.79 Å². The van der Waals surface area contributed by atoms with Gasteiger partial charge in [0.25, 0.3) is 5.91 Å². The van der Waals surface area contributed by atoms with Gasteiger partial charge in [-0.3, -0.25) is 9.59 Å². The van der Waals surface area contributed by atoms with Gasteiger partial charge in [-0.15, -0.1) is 0 Å². The number of carbonyl (C=O) groups is 2. The molecule has 0 spiro atoms. The highest BCUT2D eigenvalue weighted by Crippen LogP contribution is 2.13. The highest BCUT2D eigenvalue weighted by Gasteiger charge is 2.16. The SMILES string of the molecule is CCOc1ncccc1C(=O)NCC(C)C(=O)O. The van der Waals surface area contributed by atoms with E-state index in [1.54, 1.807) is 19.1 Å². The molecule has 0 aliphatic rings. The first-order chi connectivity index (χ1) is 8.56. The van der Waals surface area contributed by atoms with Crippen molar-refractivity contribution in [1.29, 1.82) is 0 Å². The van der Waals surface area contributed by atoms with Crippen LogP contribution in [0.1, 0.15) is 24.2 Å². The van der Waals surface area contributed by atoms with E-state index in [4.69, 9.17) is 9.84 Å². The average molecular weight is 252 g/mol. The van der Waals surface area contributed by atoms with Crippen molar-refractivity contribution < 1.29 is 19.4 Å². The molecule has 1 amide bonds. The third-order valence-corrected chi connectivity index (χ3v) is 2.29. The summed E-state index contributed by atoms with van der Waals surface area (Å²) in [6.07, 6.45) is 1.53. The first-order valence-corrected chi connectivity index (χ1v) is 5.65. The molecule has 0 bridgehead atoms. The summed E-state index contributed by atoms with van der Waals surface area (Å²) in [6.45, 7) is 3.79. The number of carboxylic acid groups (broad SMARTS) is 1. The summed E-state index contributed by atoms with van der Waals surface area (Å²) in [5.41, 5.74) is 0.303. The predicted octanol–water partition coefficient (Wildman–Crippen LogP) is 0.931. The summed E-state index contributed by atoms with van der Waals surface area (Å²) < 4.78 is 5.22. The molecule has 0 saturated heterocycles. The van der Waals surface area contributed by atoms with Crippen LogP contribution < -0.4 is 10.1 Å². The van der Waals surface area contributed by atoms with E-state index < -0.39 is 11.9 Å². The minimum atomic E-state index is -0.952. The van der Waals surface area contributed by atoms with Crippen molar-refractivity contribution in [3.05, 3.63) is 23.9 Å². The molecule has 1 aromatic rings. The summed E-state index contributed by atoms with van der Waals surface area (Å²) in [6, 6.07) is 3.21. The molecule has 2 N–H and O–H groups in total. The molecule has 18 heavy (non-hydrogen) atoms. The van der Waals surface area contributed by atoms with Gasteiger partial charge in [0.15, 0.2) is 0 Å². The number of hydrogen-bond acceptors (Lipinski definition) is 4. The van der Waals surface area contributed by atoms with Gasteiger partial charge in [-0.05, 0) is 19.1 Å². The molecule has 1 aromatic heterocycles. The van der Waals surface area contributed by atoms with Crippen molar-refractivity contribution in [3.8, 4) is 5.88 Å². The van der Waals surface area contributed by atoms with Gasteiger partial charge in [0, 0.05) is 12.7 Å². The summed E-state index contributed by atoms with van der Waals surface area (Å²) in [5.74, 6) is -1.73. The van der Waals surface area contributed by atoms with E-state index in [1.165, 1.54) is 13.1 Å². The Morgan fingerprint density at radius 2 is 2.28 bits per heavy atom. The van der Waals surface area contributed by atoms with Crippen LogP contribution in [0.5, 0.6) is 5.88 Å². The minimum Gasteiger partial charge on any atom is -0.481 e. The number of hydrogen-bond donors (Lipinski definition) is 2. The Balaban J connectivity index is 2.69. The van der Waals surface area contributed by atoms with Crippen LogP contribution in [0.15, 0.2) is 18.3 Å². The fourth-order valence-electron chi connectivity index (χ4n) is 1.24. The van der Waals surface area contributed by atoms with Crippen LogP contribution >= 0.6 is 0 Å². The Hall–Kier alpha value is -2.11. The smallest absolute Gasteiger partial charge is 0.308 e. The second-order valence-corrected chi connectivity index (χ2v) is 3.74. The topological polar surface area (TPSA) is 88.5 Å². The fraction of sp³-hybridized carbons (Fsp3) is 0.417. The zero-order valence-corrected chi connectivity index (χ0v) is 10.3. The number of nitrogens with one attached hydrogen (secondary N) is 1. The van der Waals surface area contributed by atoms with E-state index in [2.05, 4.69) is 10.3 Å². The van der Waals surface area contributed by atoms with E-state index in [1.807, 2.05) is 0 Å². The molecule has 0 fully saturated rings. The normalized spacial score (nSPS) is 11.7. The molecule has 0 aliphatic heterocycles. The van der Waals surface area contributed by atoms with Crippen molar-refractivity contribution in [2.24, 2.45) is 5.92 Å². The number of nitrogens with zero attached hydrogens (tertiary/aromatic N) is 1. The molecular formula is C12H16N2O4. The highest BCUT2D eigenvalue weighted by atomic mass is 16.5. The molecule has 6 heteroatoms. The summed E-state index contributed by atoms with van der Waals surface area (Å²) in [4.78, 5) is 26.4. The largest absolute Gasteiger partial charge is 0.481 e. The van der Waals surface area contributed by atoms with Crippen molar-refractivity contribution in [1.82, 2.24) is 10.3 Å². The van der Waals surface area contributed by atoms with Crippen molar-refractivity contribution >= 4 is 11.9 Å². The molecule has 0 aliphatic carbocycles. The number of aromatic nitrogens is 1. The molecule has 0 aromatic carbocycles. The van der Waals surface area contributed by atoms with Crippen molar-refractivity contribution in [3.63, 3.8) is 0 Å². The molecule has 1 heterocycles. The number of carboxylic acids is 1. The monoisotopic (exact) mass is 252 g/mol. The van der Waals surface area contributed by atoms with Gasteiger partial charge in [0.2, 0.25) is 5.88 Å². The number of ether oxygens (including phenoxy) is 1. The van der Waals surface area contributed by atoms with Crippen LogP contribution in [0, 0.1) is 5.92 Å². The summed E-state index contributed by atoms with van der Waals surface area (Å²) >= 11 is 0. The van der Waals surface area contributed by atoms with Crippen LogP contribution in [0.3, 0.4) is 0 Å². The van der Waals surface area contributed by atoms with Gasteiger partial charge in [-0.2, -0.15) is 0 Å². The number of aliphatic carboxylic acids is 1. The lowest BCUT2D eigenvalue weighted by molar-refractivity contribution is -0.140. The zero-order valence-electron chi connectivity index (χ0n) is 10.3. The fourth-order valence-corrected chi connectivity index (χ4v) is 1.24. The highest BCUT2D eigenvalue weighted by molar-refractivity contribution is 5.96. The molecule has 0 saturated carbocycles. The van der Waals surface area contributed by atoms with Gasteiger partial charge in [0.05, 0.1) is 12.5 Å². The van der Waals surface area contributed by atoms with Gasteiger partial charge in [0.1, 0.15) is 5.56 Å². The Bertz CT molecular complexity index is 434. The average Bonchev–Trinajstić information content (AvgIpc) is 2.36. The lowest BCUT2D eigenvalue weighted by atomic mass is 10.2. The molecule has 1 unspecified atom stereocenters. The molecular weight excluding hydrogens is 236 g/mol. The standard InChI is InChI=1S/C12H16N2O4/c1-3-18-11-9(5-4-6-13-11)10(15)14-7-8(2)12(16)17/h4-6,8H,3,7H2,1-2H3,(H,14,15)(H,16,17). The van der Waals surface area contributed by atoms with Crippen LogP contribution in [-0.4, -0.2) is 35.1 Å². The second-order valence-electron chi connectivity index (χ2n) is 3.74. The quantitative estimate of drug-likeness (QED) is 0.786. The number of amides is 1. The number of rotatable bonds is 6. The van der Waals surface area contributed by atoms with Crippen LogP contribution in [0.25, 0.3) is 0 Å². The molecule has 0 radical (unpaired) electrons. The maximum absolute atomic E-state index is 11.8. The van der Waals surface area contributed by atoms with E-state index in [9.17, 15) is 9.59 Å². The molecule has 98 valence electrons. The lowest BCUT2D eigenvalue weighted by Gasteiger charge is -2.10. The Labute approximate surface area is 105 Å². The molecule has 1 rings (SSSR count). The van der Waals surface area contributed by atoms with Gasteiger partial charge in [-0.25, -0.2) is 4.98 Å². The van der Waals surface area contributed by atoms with Crippen molar-refractivity contribution in [2.45, 2.75) is 13.8 Å². The third kappa shape index (κ3) is 3.73. The third-order valence-electron chi connectivity index (χ3n) is 2.29. The van der Waals surface area contributed by atoms with Crippen LogP contribution in [0.2, 0.25) is 0 Å². The van der Waals surface area contributed by atoms with Crippen LogP contribution in [0.4, 0.5) is 0 Å². The van der Waals surface area contributed by atoms with Gasteiger partial charge in [-0.1, -0.05) is 6.92 Å². The molecule has 1 atom stereocenters. The maximum atomic E-state index is 11.8. The van der Waals surface area contributed by atoms with E-state index >= 15 is 0 Å². The van der Waals surface area contributed by atoms with E-state index in [-0.39, 0.29) is 18.3 Å². The Kier molecular flexibility index (Phi) is 5.10. The van der Waals surface area contributed by atoms with Gasteiger partial charge >= 0.3 is 5.97 Å². The lowest BCUT2D eigenvalue weighted by Crippen LogP contribution is -2.31. The number of carbonyl (C=O) groups excluding carboxylic acids is 1. The Morgan fingerprint density at radius 1 is 1.56 bits per heavy atom. The van der Waals surface area contributed by atoms with E-state index in [0.717, 1.165) is 0 Å². The zero-order chi connectivity index (χ0) is 13.5. The molecule has 6 nitrogen and oxygen atoms in total. The first-order valence-electron chi connectivity index (χ1n) is 5.65. The van der Waals surface area contributed by atoms with E-state index in [0.29, 0.717) is 12.2 Å². The predicted molar refractivity (Wildman–Crippen MR) is 64.5 cm³/mol. The summed E-state index contributed by atoms with van der Waals surface area (Å²) in [7, 11) is 0. The van der Waals surface area contributed by atoms with Crippen molar-refractivity contribution in [2.75, 3.05) is 13.2 Å². The first kappa shape index (κ1) is 14.0. The second kappa shape index (κ2) is 6.58. The maximum Gasteiger partial charge on any atom is 0.308 e. The van der Waals surface area contributed by atoms with Gasteiger partial charge < -0.3 is 15.2 Å².